The third kappa shape index (κ3) is 5.88. The Morgan fingerprint density at radius 2 is 1.70 bits per heavy atom. The first-order chi connectivity index (χ1) is 13.1. The highest BCUT2D eigenvalue weighted by Gasteiger charge is 2.21. The van der Waals surface area contributed by atoms with Crippen LogP contribution in [0, 0.1) is 0 Å². The number of hydrogen-bond donors (Lipinski definition) is 1. The first kappa shape index (κ1) is 20.0. The molecule has 0 aliphatic carbocycles. The number of ether oxygens (including phenoxy) is 3. The van der Waals surface area contributed by atoms with Crippen molar-refractivity contribution in [2.24, 2.45) is 0 Å². The van der Waals surface area contributed by atoms with Gasteiger partial charge >= 0.3 is 5.97 Å². The molecular formula is C21H23NO5. The molecule has 0 fully saturated rings. The molecule has 6 heteroatoms. The molecule has 27 heavy (non-hydrogen) atoms. The van der Waals surface area contributed by atoms with Crippen molar-refractivity contribution in [2.75, 3.05) is 21.3 Å². The zero-order chi connectivity index (χ0) is 19.6. The van der Waals surface area contributed by atoms with Crippen molar-refractivity contribution < 1.29 is 23.8 Å². The number of carbonyl (C=O) groups is 2. The molecule has 0 radical (unpaired) electrons. The van der Waals surface area contributed by atoms with Gasteiger partial charge in [-0.2, -0.15) is 0 Å². The molecule has 0 aromatic heterocycles. The molecule has 1 unspecified atom stereocenters. The van der Waals surface area contributed by atoms with Crippen LogP contribution < -0.4 is 14.8 Å². The van der Waals surface area contributed by atoms with Crippen LogP contribution in [0.15, 0.2) is 54.6 Å². The van der Waals surface area contributed by atoms with Gasteiger partial charge in [0, 0.05) is 12.5 Å². The molecule has 6 nitrogen and oxygen atoms in total. The van der Waals surface area contributed by atoms with Crippen LogP contribution in [0.25, 0.3) is 6.08 Å². The van der Waals surface area contributed by atoms with E-state index in [4.69, 9.17) is 14.2 Å². The van der Waals surface area contributed by atoms with Crippen molar-refractivity contribution in [3.63, 3.8) is 0 Å². The van der Waals surface area contributed by atoms with E-state index in [-0.39, 0.29) is 0 Å². The van der Waals surface area contributed by atoms with Gasteiger partial charge < -0.3 is 19.5 Å². The van der Waals surface area contributed by atoms with Gasteiger partial charge in [0.05, 0.1) is 21.3 Å². The fourth-order valence-corrected chi connectivity index (χ4v) is 2.53. The Balaban J connectivity index is 2.06. The average molecular weight is 369 g/mol. The Bertz CT molecular complexity index is 801. The highest BCUT2D eigenvalue weighted by molar-refractivity contribution is 5.94. The van der Waals surface area contributed by atoms with Crippen LogP contribution in [0.1, 0.15) is 11.1 Å². The summed E-state index contributed by atoms with van der Waals surface area (Å²) in [7, 11) is 4.40. The van der Waals surface area contributed by atoms with Crippen LogP contribution >= 0.6 is 0 Å². The summed E-state index contributed by atoms with van der Waals surface area (Å²) in [6, 6.07) is 14.0. The standard InChI is InChI=1S/C21H23NO5/c1-25-18-11-9-16(14-19(18)26-2)10-12-20(23)22-17(21(24)27-3)13-15-7-5-4-6-8-15/h4-12,14,17H,13H2,1-3H3,(H,22,23)/b12-10+. The summed E-state index contributed by atoms with van der Waals surface area (Å²) in [6.45, 7) is 0. The quantitative estimate of drug-likeness (QED) is 0.572. The molecule has 0 bridgehead atoms. The van der Waals surface area contributed by atoms with E-state index in [1.54, 1.807) is 38.5 Å². The van der Waals surface area contributed by atoms with Gasteiger partial charge in [-0.05, 0) is 29.3 Å². The predicted octanol–water partition coefficient (Wildman–Crippen LogP) is 2.62. The molecule has 0 saturated heterocycles. The largest absolute Gasteiger partial charge is 0.493 e. The summed E-state index contributed by atoms with van der Waals surface area (Å²) in [5.41, 5.74) is 1.69. The van der Waals surface area contributed by atoms with Gasteiger partial charge in [0.2, 0.25) is 5.91 Å². The third-order valence-electron chi connectivity index (χ3n) is 3.92. The van der Waals surface area contributed by atoms with Crippen LogP contribution in [0.3, 0.4) is 0 Å². The van der Waals surface area contributed by atoms with Gasteiger partial charge in [0.15, 0.2) is 11.5 Å². The Labute approximate surface area is 158 Å². The molecule has 0 saturated carbocycles. The number of nitrogens with one attached hydrogen (secondary N) is 1. The van der Waals surface area contributed by atoms with E-state index in [0.29, 0.717) is 17.9 Å². The van der Waals surface area contributed by atoms with Crippen molar-refractivity contribution in [3.8, 4) is 11.5 Å². The fourth-order valence-electron chi connectivity index (χ4n) is 2.53. The van der Waals surface area contributed by atoms with Gasteiger partial charge in [0.1, 0.15) is 6.04 Å². The maximum Gasteiger partial charge on any atom is 0.328 e. The van der Waals surface area contributed by atoms with Crippen molar-refractivity contribution >= 4 is 18.0 Å². The number of amides is 1. The van der Waals surface area contributed by atoms with Crippen LogP contribution in [-0.2, 0) is 20.7 Å². The molecule has 2 rings (SSSR count). The van der Waals surface area contributed by atoms with Gasteiger partial charge in [0.25, 0.3) is 0 Å². The van der Waals surface area contributed by atoms with E-state index in [1.807, 2.05) is 30.3 Å². The molecule has 1 N–H and O–H groups in total. The Hall–Kier alpha value is -3.28. The lowest BCUT2D eigenvalue weighted by atomic mass is 10.1. The minimum atomic E-state index is -0.764. The number of hydrogen-bond acceptors (Lipinski definition) is 5. The highest BCUT2D eigenvalue weighted by atomic mass is 16.5. The topological polar surface area (TPSA) is 73.9 Å². The van der Waals surface area contributed by atoms with Gasteiger partial charge in [-0.15, -0.1) is 0 Å². The number of benzene rings is 2. The van der Waals surface area contributed by atoms with E-state index in [0.717, 1.165) is 11.1 Å². The zero-order valence-electron chi connectivity index (χ0n) is 15.6. The van der Waals surface area contributed by atoms with E-state index in [1.165, 1.54) is 13.2 Å². The number of carbonyl (C=O) groups excluding carboxylic acids is 2. The third-order valence-corrected chi connectivity index (χ3v) is 3.92. The smallest absolute Gasteiger partial charge is 0.328 e. The molecule has 2 aromatic carbocycles. The second kappa shape index (κ2) is 10.0. The van der Waals surface area contributed by atoms with E-state index in [9.17, 15) is 9.59 Å². The van der Waals surface area contributed by atoms with Crippen LogP contribution in [-0.4, -0.2) is 39.2 Å². The van der Waals surface area contributed by atoms with E-state index >= 15 is 0 Å². The lowest BCUT2D eigenvalue weighted by molar-refractivity contribution is -0.144. The summed E-state index contributed by atoms with van der Waals surface area (Å²) < 4.78 is 15.2. The molecule has 142 valence electrons. The van der Waals surface area contributed by atoms with Crippen molar-refractivity contribution in [3.05, 3.63) is 65.7 Å². The SMILES string of the molecule is COC(=O)C(Cc1ccccc1)NC(=O)/C=C/c1ccc(OC)c(OC)c1. The fraction of sp³-hybridized carbons (Fsp3) is 0.238. The van der Waals surface area contributed by atoms with Crippen molar-refractivity contribution in [1.82, 2.24) is 5.32 Å². The summed E-state index contributed by atoms with van der Waals surface area (Å²) in [5, 5.41) is 2.68. The second-order valence-corrected chi connectivity index (χ2v) is 5.72. The van der Waals surface area contributed by atoms with Crippen molar-refractivity contribution in [2.45, 2.75) is 12.5 Å². The molecule has 0 spiro atoms. The lowest BCUT2D eigenvalue weighted by Gasteiger charge is -2.15. The first-order valence-corrected chi connectivity index (χ1v) is 8.39. The number of rotatable bonds is 8. The Morgan fingerprint density at radius 3 is 2.33 bits per heavy atom. The molecule has 1 atom stereocenters. The monoisotopic (exact) mass is 369 g/mol. The highest BCUT2D eigenvalue weighted by Crippen LogP contribution is 2.27. The second-order valence-electron chi connectivity index (χ2n) is 5.72. The molecule has 0 aliphatic rings. The summed E-state index contributed by atoms with van der Waals surface area (Å²) >= 11 is 0. The van der Waals surface area contributed by atoms with Gasteiger partial charge in [-0.1, -0.05) is 36.4 Å². The van der Waals surface area contributed by atoms with Crippen LogP contribution in [0.2, 0.25) is 0 Å². The minimum Gasteiger partial charge on any atom is -0.493 e. The summed E-state index contributed by atoms with van der Waals surface area (Å²) in [5.74, 6) is 0.284. The maximum absolute atomic E-state index is 12.3. The summed E-state index contributed by atoms with van der Waals surface area (Å²) in [6.07, 6.45) is 3.35. The molecule has 2 aromatic rings. The van der Waals surface area contributed by atoms with Gasteiger partial charge in [-0.25, -0.2) is 4.79 Å². The van der Waals surface area contributed by atoms with E-state index in [2.05, 4.69) is 5.32 Å². The van der Waals surface area contributed by atoms with Crippen LogP contribution in [0.4, 0.5) is 0 Å². The lowest BCUT2D eigenvalue weighted by Crippen LogP contribution is -2.42. The zero-order valence-corrected chi connectivity index (χ0v) is 15.6. The number of methoxy groups -OCH3 is 3. The minimum absolute atomic E-state index is 0.351. The van der Waals surface area contributed by atoms with Crippen LogP contribution in [0.5, 0.6) is 11.5 Å². The normalized spacial score (nSPS) is 11.7. The first-order valence-electron chi connectivity index (χ1n) is 8.39. The van der Waals surface area contributed by atoms with Gasteiger partial charge in [-0.3, -0.25) is 4.79 Å². The molecule has 0 aliphatic heterocycles. The summed E-state index contributed by atoms with van der Waals surface area (Å²) in [4.78, 5) is 24.2. The molecular weight excluding hydrogens is 346 g/mol. The Morgan fingerprint density at radius 1 is 1.00 bits per heavy atom. The molecule has 1 amide bonds. The number of esters is 1. The van der Waals surface area contributed by atoms with Crippen molar-refractivity contribution in [1.29, 1.82) is 0 Å². The van der Waals surface area contributed by atoms with E-state index < -0.39 is 17.9 Å². The predicted molar refractivity (Wildman–Crippen MR) is 103 cm³/mol. The Kier molecular flexibility index (Phi) is 7.43. The molecule has 0 heterocycles. The maximum atomic E-state index is 12.3. The average Bonchev–Trinajstić information content (AvgIpc) is 2.71.